The lowest BCUT2D eigenvalue weighted by Crippen LogP contribution is -2.09. The standard InChI is InChI=1S/C11H12N2O2S/c1-13(2)6-10-12-8-4-3-7(11(14)15)5-9(8)16-10/h3-5H,6H2,1-2H3,(H,14,15). The van der Waals surface area contributed by atoms with E-state index >= 15 is 0 Å². The van der Waals surface area contributed by atoms with Gasteiger partial charge in [0, 0.05) is 6.54 Å². The highest BCUT2D eigenvalue weighted by molar-refractivity contribution is 7.18. The van der Waals surface area contributed by atoms with Crippen LogP contribution in [0.4, 0.5) is 0 Å². The van der Waals surface area contributed by atoms with Crippen molar-refractivity contribution < 1.29 is 9.90 Å². The van der Waals surface area contributed by atoms with Crippen LogP contribution in [0.2, 0.25) is 0 Å². The van der Waals surface area contributed by atoms with E-state index < -0.39 is 5.97 Å². The summed E-state index contributed by atoms with van der Waals surface area (Å²) in [6, 6.07) is 5.02. The Morgan fingerprint density at radius 3 is 2.88 bits per heavy atom. The van der Waals surface area contributed by atoms with Gasteiger partial charge in [-0.1, -0.05) is 0 Å². The number of rotatable bonds is 3. The molecule has 0 aliphatic rings. The van der Waals surface area contributed by atoms with E-state index in [0.29, 0.717) is 5.56 Å². The highest BCUT2D eigenvalue weighted by Gasteiger charge is 2.08. The summed E-state index contributed by atoms with van der Waals surface area (Å²) in [6.45, 7) is 0.780. The number of benzene rings is 1. The number of nitrogens with zero attached hydrogens (tertiary/aromatic N) is 2. The molecule has 4 nitrogen and oxygen atoms in total. The van der Waals surface area contributed by atoms with Gasteiger partial charge in [-0.3, -0.25) is 0 Å². The van der Waals surface area contributed by atoms with E-state index in [4.69, 9.17) is 5.11 Å². The van der Waals surface area contributed by atoms with Crippen molar-refractivity contribution in [3.05, 3.63) is 28.8 Å². The average Bonchev–Trinajstić information content (AvgIpc) is 2.56. The van der Waals surface area contributed by atoms with E-state index in [-0.39, 0.29) is 0 Å². The predicted octanol–water partition coefficient (Wildman–Crippen LogP) is 2.06. The van der Waals surface area contributed by atoms with Gasteiger partial charge in [0.2, 0.25) is 0 Å². The van der Waals surface area contributed by atoms with Gasteiger partial charge in [-0.05, 0) is 32.3 Å². The van der Waals surface area contributed by atoms with Gasteiger partial charge in [0.15, 0.2) is 0 Å². The topological polar surface area (TPSA) is 53.4 Å². The van der Waals surface area contributed by atoms with Crippen molar-refractivity contribution in [1.29, 1.82) is 0 Å². The normalized spacial score (nSPS) is 11.2. The SMILES string of the molecule is CN(C)Cc1nc2ccc(C(=O)O)cc2s1. The molecule has 0 atom stereocenters. The number of hydrogen-bond donors (Lipinski definition) is 1. The Hall–Kier alpha value is -1.46. The van der Waals surface area contributed by atoms with Gasteiger partial charge in [-0.25, -0.2) is 9.78 Å². The molecule has 0 saturated heterocycles. The summed E-state index contributed by atoms with van der Waals surface area (Å²) >= 11 is 1.54. The Kier molecular flexibility index (Phi) is 2.89. The number of aromatic nitrogens is 1. The van der Waals surface area contributed by atoms with Gasteiger partial charge < -0.3 is 10.0 Å². The number of thiazole rings is 1. The molecule has 0 spiro atoms. The van der Waals surface area contributed by atoms with Gasteiger partial charge in [-0.2, -0.15) is 0 Å². The van der Waals surface area contributed by atoms with Crippen LogP contribution in [0.15, 0.2) is 18.2 Å². The van der Waals surface area contributed by atoms with Crippen molar-refractivity contribution in [2.45, 2.75) is 6.54 Å². The first-order valence-corrected chi connectivity index (χ1v) is 5.65. The molecule has 0 aliphatic heterocycles. The zero-order chi connectivity index (χ0) is 11.7. The van der Waals surface area contributed by atoms with E-state index in [1.54, 1.807) is 29.5 Å². The molecule has 1 N–H and O–H groups in total. The van der Waals surface area contributed by atoms with Crippen molar-refractivity contribution >= 4 is 27.5 Å². The van der Waals surface area contributed by atoms with Crippen LogP contribution >= 0.6 is 11.3 Å². The fraction of sp³-hybridized carbons (Fsp3) is 0.273. The molecule has 0 radical (unpaired) electrons. The number of hydrogen-bond acceptors (Lipinski definition) is 4. The Morgan fingerprint density at radius 2 is 2.25 bits per heavy atom. The van der Waals surface area contributed by atoms with Crippen LogP contribution < -0.4 is 0 Å². The van der Waals surface area contributed by atoms with E-state index in [0.717, 1.165) is 21.8 Å². The molecule has 1 aromatic heterocycles. The minimum Gasteiger partial charge on any atom is -0.478 e. The summed E-state index contributed by atoms with van der Waals surface area (Å²) in [5.41, 5.74) is 1.18. The van der Waals surface area contributed by atoms with Gasteiger partial charge >= 0.3 is 5.97 Å². The van der Waals surface area contributed by atoms with Crippen molar-refractivity contribution in [2.24, 2.45) is 0 Å². The second-order valence-electron chi connectivity index (χ2n) is 3.83. The van der Waals surface area contributed by atoms with Crippen molar-refractivity contribution in [3.63, 3.8) is 0 Å². The quantitative estimate of drug-likeness (QED) is 0.886. The molecule has 16 heavy (non-hydrogen) atoms. The largest absolute Gasteiger partial charge is 0.478 e. The lowest BCUT2D eigenvalue weighted by Gasteiger charge is -2.04. The van der Waals surface area contributed by atoms with Crippen molar-refractivity contribution in [2.75, 3.05) is 14.1 Å². The maximum atomic E-state index is 10.8. The maximum Gasteiger partial charge on any atom is 0.335 e. The Bertz CT molecular complexity index is 534. The monoisotopic (exact) mass is 236 g/mol. The summed E-state index contributed by atoms with van der Waals surface area (Å²) in [5, 5.41) is 9.87. The van der Waals surface area contributed by atoms with Gasteiger partial charge in [0.1, 0.15) is 5.01 Å². The Labute approximate surface area is 97.1 Å². The number of fused-ring (bicyclic) bond motifs is 1. The smallest absolute Gasteiger partial charge is 0.335 e. The van der Waals surface area contributed by atoms with Crippen LogP contribution in [-0.2, 0) is 6.54 Å². The molecule has 5 heteroatoms. The lowest BCUT2D eigenvalue weighted by atomic mass is 10.2. The van der Waals surface area contributed by atoms with Crippen LogP contribution in [0.5, 0.6) is 0 Å². The minimum atomic E-state index is -0.899. The van der Waals surface area contributed by atoms with Gasteiger partial charge in [0.05, 0.1) is 15.8 Å². The average molecular weight is 236 g/mol. The van der Waals surface area contributed by atoms with Crippen LogP contribution in [-0.4, -0.2) is 35.1 Å². The first-order valence-electron chi connectivity index (χ1n) is 4.84. The van der Waals surface area contributed by atoms with Gasteiger partial charge in [-0.15, -0.1) is 11.3 Å². The van der Waals surface area contributed by atoms with Gasteiger partial charge in [0.25, 0.3) is 0 Å². The second-order valence-corrected chi connectivity index (χ2v) is 4.95. The second kappa shape index (κ2) is 4.19. The molecule has 1 heterocycles. The highest BCUT2D eigenvalue weighted by Crippen LogP contribution is 2.23. The fourth-order valence-electron chi connectivity index (χ4n) is 1.44. The Balaban J connectivity index is 2.42. The molecule has 1 aromatic carbocycles. The summed E-state index contributed by atoms with van der Waals surface area (Å²) in [7, 11) is 3.96. The molecule has 0 aliphatic carbocycles. The molecule has 2 aromatic rings. The first kappa shape index (κ1) is 11.0. The molecule has 0 fully saturated rings. The molecule has 0 amide bonds. The molecule has 2 rings (SSSR count). The number of carboxylic acids is 1. The summed E-state index contributed by atoms with van der Waals surface area (Å²) in [6.07, 6.45) is 0. The van der Waals surface area contributed by atoms with Crippen molar-refractivity contribution in [1.82, 2.24) is 9.88 Å². The Morgan fingerprint density at radius 1 is 1.50 bits per heavy atom. The summed E-state index contributed by atoms with van der Waals surface area (Å²) in [4.78, 5) is 17.3. The third-order valence-corrected chi connectivity index (χ3v) is 3.13. The third kappa shape index (κ3) is 2.20. The van der Waals surface area contributed by atoms with Crippen molar-refractivity contribution in [3.8, 4) is 0 Å². The van der Waals surface area contributed by atoms with Crippen LogP contribution in [0, 0.1) is 0 Å². The maximum absolute atomic E-state index is 10.8. The molecule has 0 saturated carbocycles. The zero-order valence-electron chi connectivity index (χ0n) is 9.10. The fourth-order valence-corrected chi connectivity index (χ4v) is 2.57. The van der Waals surface area contributed by atoms with E-state index in [9.17, 15) is 4.79 Å². The molecule has 84 valence electrons. The molecule has 0 unspecified atom stereocenters. The van der Waals surface area contributed by atoms with E-state index in [1.807, 2.05) is 19.0 Å². The molecular formula is C11H12N2O2S. The third-order valence-electron chi connectivity index (χ3n) is 2.13. The number of carboxylic acid groups (broad SMARTS) is 1. The van der Waals surface area contributed by atoms with E-state index in [1.165, 1.54) is 0 Å². The summed E-state index contributed by atoms with van der Waals surface area (Å²) < 4.78 is 0.928. The predicted molar refractivity (Wildman–Crippen MR) is 64.0 cm³/mol. The minimum absolute atomic E-state index is 0.313. The first-order chi connectivity index (χ1) is 7.56. The van der Waals surface area contributed by atoms with E-state index in [2.05, 4.69) is 4.98 Å². The molecular weight excluding hydrogens is 224 g/mol. The molecule has 0 bridgehead atoms. The van der Waals surface area contributed by atoms with Crippen LogP contribution in [0.25, 0.3) is 10.2 Å². The lowest BCUT2D eigenvalue weighted by molar-refractivity contribution is 0.0697. The van der Waals surface area contributed by atoms with Crippen LogP contribution in [0.3, 0.4) is 0 Å². The number of carbonyl (C=O) groups is 1. The number of aromatic carboxylic acids is 1. The summed E-state index contributed by atoms with van der Waals surface area (Å²) in [5.74, 6) is -0.899. The zero-order valence-corrected chi connectivity index (χ0v) is 9.91. The highest BCUT2D eigenvalue weighted by atomic mass is 32.1. The van der Waals surface area contributed by atoms with Crippen LogP contribution in [0.1, 0.15) is 15.4 Å².